The van der Waals surface area contributed by atoms with Gasteiger partial charge in [-0.05, 0) is 19.4 Å². The summed E-state index contributed by atoms with van der Waals surface area (Å²) in [6, 6.07) is 4.37. The summed E-state index contributed by atoms with van der Waals surface area (Å²) in [4.78, 5) is 38.5. The van der Waals surface area contributed by atoms with E-state index in [0.717, 1.165) is 0 Å². The van der Waals surface area contributed by atoms with E-state index in [2.05, 4.69) is 5.32 Å². The lowest BCUT2D eigenvalue weighted by Gasteiger charge is -2.40. The Morgan fingerprint density at radius 2 is 2.13 bits per heavy atom. The molecule has 0 saturated heterocycles. The first kappa shape index (κ1) is 23.0. The zero-order valence-electron chi connectivity index (χ0n) is 17.5. The van der Waals surface area contributed by atoms with Crippen molar-refractivity contribution in [2.24, 2.45) is 5.41 Å². The van der Waals surface area contributed by atoms with Crippen molar-refractivity contribution in [1.82, 2.24) is 9.88 Å². The number of pyridine rings is 1. The van der Waals surface area contributed by atoms with Crippen molar-refractivity contribution < 1.29 is 23.8 Å². The predicted octanol–water partition coefficient (Wildman–Crippen LogP) is 3.29. The third-order valence-electron chi connectivity index (χ3n) is 5.83. The van der Waals surface area contributed by atoms with E-state index in [-0.39, 0.29) is 34.9 Å². The second-order valence-electron chi connectivity index (χ2n) is 7.84. The van der Waals surface area contributed by atoms with Gasteiger partial charge in [0.1, 0.15) is 17.1 Å². The van der Waals surface area contributed by atoms with Crippen molar-refractivity contribution in [2.75, 3.05) is 7.11 Å². The fourth-order valence-electron chi connectivity index (χ4n) is 4.07. The second-order valence-corrected chi connectivity index (χ2v) is 8.25. The predicted molar refractivity (Wildman–Crippen MR) is 113 cm³/mol. The second kappa shape index (κ2) is 8.80. The smallest absolute Gasteiger partial charge is 0.257 e. The first-order valence-electron chi connectivity index (χ1n) is 9.90. The van der Waals surface area contributed by atoms with Crippen LogP contribution in [0, 0.1) is 11.2 Å². The van der Waals surface area contributed by atoms with Crippen LogP contribution in [-0.4, -0.2) is 34.6 Å². The van der Waals surface area contributed by atoms with Crippen molar-refractivity contribution >= 4 is 23.3 Å². The third kappa shape index (κ3) is 3.97. The summed E-state index contributed by atoms with van der Waals surface area (Å²) < 4.78 is 20.9. The number of amides is 1. The summed E-state index contributed by atoms with van der Waals surface area (Å²) in [5.74, 6) is -2.66. The number of rotatable bonds is 6. The zero-order valence-corrected chi connectivity index (χ0v) is 18.3. The third-order valence-corrected chi connectivity index (χ3v) is 6.12. The van der Waals surface area contributed by atoms with Gasteiger partial charge in [-0.1, -0.05) is 37.1 Å². The molecule has 0 bridgehead atoms. The van der Waals surface area contributed by atoms with Crippen LogP contribution in [0.3, 0.4) is 0 Å². The van der Waals surface area contributed by atoms with E-state index in [0.29, 0.717) is 12.8 Å². The summed E-state index contributed by atoms with van der Waals surface area (Å²) in [7, 11) is 1.49. The number of benzene rings is 1. The maximum Gasteiger partial charge on any atom is 0.257 e. The van der Waals surface area contributed by atoms with Crippen molar-refractivity contribution in [3.8, 4) is 5.75 Å². The Balaban J connectivity index is 1.96. The van der Waals surface area contributed by atoms with E-state index in [1.54, 1.807) is 6.92 Å². The summed E-state index contributed by atoms with van der Waals surface area (Å²) in [5, 5.41) is 12.9. The van der Waals surface area contributed by atoms with Gasteiger partial charge in [0.25, 0.3) is 5.91 Å². The highest BCUT2D eigenvalue weighted by atomic mass is 35.5. The number of fused-ring (bicyclic) bond motifs is 1. The van der Waals surface area contributed by atoms with E-state index in [9.17, 15) is 23.9 Å². The van der Waals surface area contributed by atoms with Crippen LogP contribution in [0.15, 0.2) is 29.2 Å². The van der Waals surface area contributed by atoms with E-state index in [1.807, 2.05) is 6.92 Å². The zero-order chi connectivity index (χ0) is 22.9. The molecule has 1 aromatic carbocycles. The number of carbonyl (C=O) groups is 2. The number of carbonyl (C=O) groups excluding carboxylic acids is 2. The Morgan fingerprint density at radius 1 is 1.42 bits per heavy atom. The molecule has 166 valence electrons. The lowest BCUT2D eigenvalue weighted by Crippen LogP contribution is -2.49. The standard InChI is InChI=1S/C22H24ClFN2O5/c1-4-8-22(2)15(31-3)11-26-10-13(18(27)19(28)17(26)20(22)29)21(30)25-9-12-6-5-7-14(23)16(12)24/h5-7,10,15,28H,4,8-9,11H2,1-3H3,(H,25,30)/t15-,22+/m0/s1. The quantitative estimate of drug-likeness (QED) is 0.703. The molecule has 0 saturated carbocycles. The number of nitrogens with one attached hydrogen (secondary N) is 1. The molecule has 2 atom stereocenters. The van der Waals surface area contributed by atoms with Gasteiger partial charge in [-0.2, -0.15) is 0 Å². The summed E-state index contributed by atoms with van der Waals surface area (Å²) in [6.45, 7) is 3.66. The molecular weight excluding hydrogens is 427 g/mol. The normalized spacial score (nSPS) is 20.4. The maximum atomic E-state index is 14.0. The summed E-state index contributed by atoms with van der Waals surface area (Å²) in [5.41, 5.74) is -2.20. The van der Waals surface area contributed by atoms with Crippen LogP contribution in [0.2, 0.25) is 5.02 Å². The molecule has 0 aliphatic carbocycles. The number of ether oxygens (including phenoxy) is 1. The number of hydrogen-bond acceptors (Lipinski definition) is 5. The first-order valence-corrected chi connectivity index (χ1v) is 10.3. The minimum absolute atomic E-state index is 0.0857. The molecule has 0 fully saturated rings. The molecule has 9 heteroatoms. The van der Waals surface area contributed by atoms with Gasteiger partial charge < -0.3 is 19.7 Å². The van der Waals surface area contributed by atoms with Crippen LogP contribution in [0.4, 0.5) is 4.39 Å². The Labute approximate surface area is 183 Å². The van der Waals surface area contributed by atoms with Gasteiger partial charge >= 0.3 is 0 Å². The minimum atomic E-state index is -0.960. The van der Waals surface area contributed by atoms with Gasteiger partial charge in [0.05, 0.1) is 23.1 Å². The van der Waals surface area contributed by atoms with E-state index >= 15 is 0 Å². The number of Topliss-reactive ketones (excluding diaryl/α,β-unsaturated/α-hetero) is 1. The van der Waals surface area contributed by atoms with Crippen molar-refractivity contribution in [3.05, 3.63) is 62.3 Å². The van der Waals surface area contributed by atoms with Gasteiger partial charge in [0.15, 0.2) is 11.5 Å². The SMILES string of the molecule is CCC[C@@]1(C)C(=O)c2c(O)c(=O)c(C(=O)NCc3cccc(Cl)c3F)cn2C[C@@H]1OC. The van der Waals surface area contributed by atoms with Crippen LogP contribution in [0.5, 0.6) is 5.75 Å². The van der Waals surface area contributed by atoms with Gasteiger partial charge in [0.2, 0.25) is 5.43 Å². The molecule has 1 aliphatic rings. The van der Waals surface area contributed by atoms with Crippen molar-refractivity contribution in [3.63, 3.8) is 0 Å². The van der Waals surface area contributed by atoms with Gasteiger partial charge in [-0.15, -0.1) is 0 Å². The molecule has 7 nitrogen and oxygen atoms in total. The van der Waals surface area contributed by atoms with E-state index in [4.69, 9.17) is 16.3 Å². The van der Waals surface area contributed by atoms with Gasteiger partial charge in [-0.25, -0.2) is 4.39 Å². The lowest BCUT2D eigenvalue weighted by atomic mass is 9.72. The van der Waals surface area contributed by atoms with E-state index < -0.39 is 40.2 Å². The molecule has 31 heavy (non-hydrogen) atoms. The molecule has 3 rings (SSSR count). The van der Waals surface area contributed by atoms with Crippen molar-refractivity contribution in [1.29, 1.82) is 0 Å². The van der Waals surface area contributed by atoms with Crippen molar-refractivity contribution in [2.45, 2.75) is 45.9 Å². The van der Waals surface area contributed by atoms with Gasteiger partial charge in [-0.3, -0.25) is 14.4 Å². The highest BCUT2D eigenvalue weighted by Crippen LogP contribution is 2.40. The van der Waals surface area contributed by atoms with Crippen LogP contribution in [0.1, 0.15) is 53.1 Å². The molecule has 0 radical (unpaired) electrons. The number of hydrogen-bond donors (Lipinski definition) is 2. The number of aromatic hydroxyl groups is 1. The molecule has 1 amide bonds. The Bertz CT molecular complexity index is 1100. The fourth-order valence-corrected chi connectivity index (χ4v) is 4.27. The number of aromatic nitrogens is 1. The fraction of sp³-hybridized carbons (Fsp3) is 0.409. The molecule has 0 spiro atoms. The summed E-state index contributed by atoms with van der Waals surface area (Å²) >= 11 is 5.74. The van der Waals surface area contributed by atoms with Crippen LogP contribution in [-0.2, 0) is 17.8 Å². The number of methoxy groups -OCH3 is 1. The Hall–Kier alpha value is -2.71. The van der Waals surface area contributed by atoms with Crippen LogP contribution in [0.25, 0.3) is 0 Å². The van der Waals surface area contributed by atoms with E-state index in [1.165, 1.54) is 36.1 Å². The number of halogens is 2. The highest BCUT2D eigenvalue weighted by Gasteiger charge is 2.47. The lowest BCUT2D eigenvalue weighted by molar-refractivity contribution is -0.0184. The molecule has 1 aliphatic heterocycles. The Morgan fingerprint density at radius 3 is 2.77 bits per heavy atom. The van der Waals surface area contributed by atoms with Gasteiger partial charge in [0, 0.05) is 25.4 Å². The highest BCUT2D eigenvalue weighted by molar-refractivity contribution is 6.30. The first-order chi connectivity index (χ1) is 14.7. The Kier molecular flexibility index (Phi) is 6.52. The average molecular weight is 451 g/mol. The van der Waals surface area contributed by atoms with Crippen LogP contribution >= 0.6 is 11.6 Å². The summed E-state index contributed by atoms with van der Waals surface area (Å²) in [6.07, 6.45) is 1.97. The molecule has 2 heterocycles. The number of ketones is 1. The monoisotopic (exact) mass is 450 g/mol. The molecule has 2 N–H and O–H groups in total. The largest absolute Gasteiger partial charge is 0.503 e. The average Bonchev–Trinajstić information content (AvgIpc) is 2.74. The molecule has 2 aromatic rings. The molecular formula is C22H24ClFN2O5. The van der Waals surface area contributed by atoms with Crippen LogP contribution < -0.4 is 10.7 Å². The topological polar surface area (TPSA) is 97.6 Å². The molecule has 1 aromatic heterocycles. The maximum absolute atomic E-state index is 14.0. The minimum Gasteiger partial charge on any atom is -0.503 e. The number of nitrogens with zero attached hydrogens (tertiary/aromatic N) is 1. The molecule has 0 unspecified atom stereocenters.